The van der Waals surface area contributed by atoms with Crippen LogP contribution in [0.2, 0.25) is 0 Å². The average molecular weight is 460 g/mol. The Balaban J connectivity index is 1.60. The lowest BCUT2D eigenvalue weighted by Crippen LogP contribution is -2.27. The molecule has 0 saturated heterocycles. The van der Waals surface area contributed by atoms with Crippen LogP contribution in [0.25, 0.3) is 10.2 Å². The van der Waals surface area contributed by atoms with Gasteiger partial charge < -0.3 is 5.32 Å². The van der Waals surface area contributed by atoms with Crippen LogP contribution in [0.5, 0.6) is 0 Å². The number of thiophene rings is 1. The summed E-state index contributed by atoms with van der Waals surface area (Å²) >= 11 is 4.55. The molecular formula is C22H25N3O2S3. The minimum Gasteiger partial charge on any atom is -0.325 e. The molecule has 1 saturated carbocycles. The van der Waals surface area contributed by atoms with E-state index >= 15 is 0 Å². The maximum Gasteiger partial charge on any atom is 0.263 e. The number of carbonyl (C=O) groups excluding carboxylic acids is 1. The van der Waals surface area contributed by atoms with E-state index in [1.807, 2.05) is 48.9 Å². The zero-order valence-corrected chi connectivity index (χ0v) is 19.8. The third-order valence-electron chi connectivity index (χ3n) is 5.58. The lowest BCUT2D eigenvalue weighted by molar-refractivity contribution is -0.113. The molecule has 30 heavy (non-hydrogen) atoms. The molecule has 1 N–H and O–H groups in total. The molecule has 3 aromatic rings. The van der Waals surface area contributed by atoms with Gasteiger partial charge in [0.25, 0.3) is 5.56 Å². The molecule has 1 amide bonds. The lowest BCUT2D eigenvalue weighted by Gasteiger charge is -2.18. The number of thioether (sulfide) groups is 2. The molecule has 8 heteroatoms. The highest BCUT2D eigenvalue weighted by atomic mass is 32.2. The second-order valence-corrected chi connectivity index (χ2v) is 10.6. The Morgan fingerprint density at radius 3 is 2.80 bits per heavy atom. The lowest BCUT2D eigenvalue weighted by atomic mass is 10.2. The summed E-state index contributed by atoms with van der Waals surface area (Å²) in [7, 11) is 0. The van der Waals surface area contributed by atoms with Crippen LogP contribution < -0.4 is 10.9 Å². The predicted molar refractivity (Wildman–Crippen MR) is 128 cm³/mol. The zero-order chi connectivity index (χ0) is 21.3. The van der Waals surface area contributed by atoms with Gasteiger partial charge in [0, 0.05) is 21.5 Å². The van der Waals surface area contributed by atoms with E-state index in [1.54, 1.807) is 23.1 Å². The number of rotatable bonds is 6. The van der Waals surface area contributed by atoms with Crippen LogP contribution in [0.15, 0.2) is 39.1 Å². The van der Waals surface area contributed by atoms with Crippen LogP contribution in [-0.2, 0) is 4.79 Å². The third kappa shape index (κ3) is 4.31. The number of hydrogen-bond donors (Lipinski definition) is 1. The summed E-state index contributed by atoms with van der Waals surface area (Å²) in [6.45, 7) is 4.03. The fourth-order valence-corrected chi connectivity index (χ4v) is 6.30. The van der Waals surface area contributed by atoms with Crippen molar-refractivity contribution in [3.05, 3.63) is 45.1 Å². The molecule has 0 radical (unpaired) electrons. The summed E-state index contributed by atoms with van der Waals surface area (Å²) in [6, 6.07) is 7.97. The quantitative estimate of drug-likeness (QED) is 0.382. The van der Waals surface area contributed by atoms with Gasteiger partial charge in [0.15, 0.2) is 5.16 Å². The standard InChI is InChI=1S/C22H25N3O2S3/c1-13-14(2)30-20-19(13)21(27)25(16-8-4-5-9-16)22(24-20)29-12-18(26)23-15-7-6-10-17(11-15)28-3/h6-7,10-11,16H,4-5,8-9,12H2,1-3H3,(H,23,26). The maximum absolute atomic E-state index is 13.4. The van der Waals surface area contributed by atoms with Gasteiger partial charge in [0.05, 0.1) is 11.1 Å². The van der Waals surface area contributed by atoms with Crippen molar-refractivity contribution in [2.75, 3.05) is 17.3 Å². The number of benzene rings is 1. The summed E-state index contributed by atoms with van der Waals surface area (Å²) in [6.07, 6.45) is 6.27. The molecule has 1 aromatic carbocycles. The van der Waals surface area contributed by atoms with Crippen molar-refractivity contribution in [1.29, 1.82) is 0 Å². The molecule has 0 atom stereocenters. The van der Waals surface area contributed by atoms with Gasteiger partial charge in [-0.2, -0.15) is 0 Å². The van der Waals surface area contributed by atoms with Gasteiger partial charge >= 0.3 is 0 Å². The van der Waals surface area contributed by atoms with Crippen LogP contribution in [0.3, 0.4) is 0 Å². The Labute approximate surface area is 188 Å². The minimum absolute atomic E-state index is 0.0457. The van der Waals surface area contributed by atoms with Gasteiger partial charge in [0.2, 0.25) is 5.91 Å². The summed E-state index contributed by atoms with van der Waals surface area (Å²) in [4.78, 5) is 33.8. The number of aromatic nitrogens is 2. The molecule has 4 rings (SSSR count). The molecule has 1 aliphatic carbocycles. The highest BCUT2D eigenvalue weighted by Crippen LogP contribution is 2.34. The summed E-state index contributed by atoms with van der Waals surface area (Å²) in [5.41, 5.74) is 1.86. The van der Waals surface area contributed by atoms with Crippen molar-refractivity contribution in [2.45, 2.75) is 55.6 Å². The van der Waals surface area contributed by atoms with Gasteiger partial charge in [-0.15, -0.1) is 23.1 Å². The van der Waals surface area contributed by atoms with E-state index in [9.17, 15) is 9.59 Å². The van der Waals surface area contributed by atoms with Gasteiger partial charge in [-0.1, -0.05) is 30.7 Å². The number of aryl methyl sites for hydroxylation is 2. The van der Waals surface area contributed by atoms with Crippen molar-refractivity contribution in [3.63, 3.8) is 0 Å². The average Bonchev–Trinajstić information content (AvgIpc) is 3.35. The van der Waals surface area contributed by atoms with Gasteiger partial charge in [-0.05, 0) is 56.7 Å². The fourth-order valence-electron chi connectivity index (χ4n) is 3.90. The molecule has 0 aliphatic heterocycles. The number of amides is 1. The second kappa shape index (κ2) is 9.16. The second-order valence-electron chi connectivity index (χ2n) is 7.54. The van der Waals surface area contributed by atoms with E-state index in [1.165, 1.54) is 11.8 Å². The first kappa shape index (κ1) is 21.5. The largest absolute Gasteiger partial charge is 0.325 e. The normalized spacial score (nSPS) is 14.5. The molecule has 158 valence electrons. The number of fused-ring (bicyclic) bond motifs is 1. The van der Waals surface area contributed by atoms with Crippen molar-refractivity contribution >= 4 is 56.7 Å². The smallest absolute Gasteiger partial charge is 0.263 e. The first-order valence-electron chi connectivity index (χ1n) is 10.1. The van der Waals surface area contributed by atoms with E-state index in [-0.39, 0.29) is 23.3 Å². The van der Waals surface area contributed by atoms with E-state index in [2.05, 4.69) is 5.32 Å². The van der Waals surface area contributed by atoms with Gasteiger partial charge in [-0.25, -0.2) is 4.98 Å². The van der Waals surface area contributed by atoms with E-state index in [0.29, 0.717) is 5.16 Å². The Hall–Kier alpha value is -1.77. The molecule has 1 aliphatic rings. The number of hydrogen-bond acceptors (Lipinski definition) is 6. The molecule has 0 unspecified atom stereocenters. The Morgan fingerprint density at radius 1 is 1.30 bits per heavy atom. The van der Waals surface area contributed by atoms with E-state index in [0.717, 1.165) is 56.9 Å². The summed E-state index contributed by atoms with van der Waals surface area (Å²) in [5.74, 6) is 0.126. The van der Waals surface area contributed by atoms with Crippen molar-refractivity contribution in [3.8, 4) is 0 Å². The Morgan fingerprint density at radius 2 is 2.07 bits per heavy atom. The predicted octanol–water partition coefficient (Wildman–Crippen LogP) is 5.64. The highest BCUT2D eigenvalue weighted by molar-refractivity contribution is 7.99. The minimum atomic E-state index is -0.0934. The monoisotopic (exact) mass is 459 g/mol. The van der Waals surface area contributed by atoms with Crippen molar-refractivity contribution < 1.29 is 4.79 Å². The molecular weight excluding hydrogens is 434 g/mol. The number of nitrogens with zero attached hydrogens (tertiary/aromatic N) is 2. The molecule has 1 fully saturated rings. The van der Waals surface area contributed by atoms with Crippen LogP contribution in [0, 0.1) is 13.8 Å². The number of anilines is 1. The molecule has 0 spiro atoms. The van der Waals surface area contributed by atoms with Crippen LogP contribution in [-0.4, -0.2) is 27.5 Å². The van der Waals surface area contributed by atoms with E-state index in [4.69, 9.17) is 4.98 Å². The SMILES string of the molecule is CSc1cccc(NC(=O)CSc2nc3sc(C)c(C)c3c(=O)n2C2CCCC2)c1. The van der Waals surface area contributed by atoms with Crippen molar-refractivity contribution in [1.82, 2.24) is 9.55 Å². The Bertz CT molecular complexity index is 1150. The topological polar surface area (TPSA) is 64.0 Å². The number of carbonyl (C=O) groups is 1. The van der Waals surface area contributed by atoms with Crippen molar-refractivity contribution in [2.24, 2.45) is 0 Å². The maximum atomic E-state index is 13.4. The van der Waals surface area contributed by atoms with Crippen LogP contribution in [0.1, 0.15) is 42.2 Å². The summed E-state index contributed by atoms with van der Waals surface area (Å²) < 4.78 is 1.86. The molecule has 5 nitrogen and oxygen atoms in total. The first-order chi connectivity index (χ1) is 14.5. The van der Waals surface area contributed by atoms with Gasteiger partial charge in [0.1, 0.15) is 4.83 Å². The molecule has 0 bridgehead atoms. The van der Waals surface area contributed by atoms with Crippen LogP contribution >= 0.6 is 34.9 Å². The van der Waals surface area contributed by atoms with Gasteiger partial charge in [-0.3, -0.25) is 14.2 Å². The highest BCUT2D eigenvalue weighted by Gasteiger charge is 2.25. The number of nitrogens with one attached hydrogen (secondary N) is 1. The molecule has 2 heterocycles. The molecule has 2 aromatic heterocycles. The summed E-state index contributed by atoms with van der Waals surface area (Å²) in [5, 5.41) is 4.36. The van der Waals surface area contributed by atoms with E-state index < -0.39 is 0 Å². The Kier molecular flexibility index (Phi) is 6.55. The third-order valence-corrected chi connectivity index (χ3v) is 8.36. The van der Waals surface area contributed by atoms with Crippen LogP contribution in [0.4, 0.5) is 5.69 Å². The first-order valence-corrected chi connectivity index (χ1v) is 13.1. The fraction of sp³-hybridized carbons (Fsp3) is 0.409. The zero-order valence-electron chi connectivity index (χ0n) is 17.4.